The highest BCUT2D eigenvalue weighted by Gasteiger charge is 2.25. The SMILES string of the molecule is Cc1csc([C@H]2CN(Cc3cn4ccccc4c3C#N)CCO2)n1. The molecule has 3 aromatic rings. The number of morpholine rings is 1. The quantitative estimate of drug-likeness (QED) is 0.736. The van der Waals surface area contributed by atoms with Crippen molar-refractivity contribution in [1.82, 2.24) is 14.3 Å². The number of nitriles is 1. The first-order valence-electron chi connectivity index (χ1n) is 7.99. The van der Waals surface area contributed by atoms with Crippen molar-refractivity contribution in [2.24, 2.45) is 0 Å². The van der Waals surface area contributed by atoms with Gasteiger partial charge in [0.15, 0.2) is 0 Å². The van der Waals surface area contributed by atoms with Crippen molar-refractivity contribution in [3.63, 3.8) is 0 Å². The van der Waals surface area contributed by atoms with Crippen molar-refractivity contribution in [2.75, 3.05) is 19.7 Å². The van der Waals surface area contributed by atoms with E-state index < -0.39 is 0 Å². The van der Waals surface area contributed by atoms with Gasteiger partial charge in [-0.15, -0.1) is 11.3 Å². The molecular formula is C18H18N4OS. The molecule has 0 unspecified atom stereocenters. The van der Waals surface area contributed by atoms with Crippen molar-refractivity contribution in [1.29, 1.82) is 5.26 Å². The number of hydrogen-bond donors (Lipinski definition) is 0. The monoisotopic (exact) mass is 338 g/mol. The van der Waals surface area contributed by atoms with Crippen LogP contribution in [-0.2, 0) is 11.3 Å². The van der Waals surface area contributed by atoms with Gasteiger partial charge in [-0.25, -0.2) is 4.98 Å². The number of hydrogen-bond acceptors (Lipinski definition) is 5. The summed E-state index contributed by atoms with van der Waals surface area (Å²) in [5.41, 5.74) is 3.85. The minimum absolute atomic E-state index is 0.0278. The van der Waals surface area contributed by atoms with Crippen molar-refractivity contribution >= 4 is 16.9 Å². The number of aryl methyl sites for hydroxylation is 1. The van der Waals surface area contributed by atoms with Gasteiger partial charge in [-0.2, -0.15) is 5.26 Å². The van der Waals surface area contributed by atoms with Gasteiger partial charge in [-0.05, 0) is 19.1 Å². The minimum atomic E-state index is 0.0278. The van der Waals surface area contributed by atoms with E-state index in [1.807, 2.05) is 35.7 Å². The third-order valence-corrected chi connectivity index (χ3v) is 5.39. The molecule has 0 amide bonds. The molecule has 1 aliphatic heterocycles. The van der Waals surface area contributed by atoms with Gasteiger partial charge in [0.1, 0.15) is 17.2 Å². The Bertz CT molecular complexity index is 907. The summed E-state index contributed by atoms with van der Waals surface area (Å²) >= 11 is 1.66. The Hall–Kier alpha value is -2.20. The van der Waals surface area contributed by atoms with Gasteiger partial charge >= 0.3 is 0 Å². The largest absolute Gasteiger partial charge is 0.368 e. The highest BCUT2D eigenvalue weighted by atomic mass is 32.1. The highest BCUT2D eigenvalue weighted by Crippen LogP contribution is 2.27. The van der Waals surface area contributed by atoms with Crippen molar-refractivity contribution < 1.29 is 4.74 Å². The van der Waals surface area contributed by atoms with Crippen LogP contribution in [0.15, 0.2) is 36.0 Å². The van der Waals surface area contributed by atoms with Crippen LogP contribution in [-0.4, -0.2) is 34.0 Å². The van der Waals surface area contributed by atoms with Crippen LogP contribution in [0, 0.1) is 18.3 Å². The summed E-state index contributed by atoms with van der Waals surface area (Å²) in [7, 11) is 0. The van der Waals surface area contributed by atoms with Crippen LogP contribution in [0.4, 0.5) is 0 Å². The summed E-state index contributed by atoms with van der Waals surface area (Å²) in [6, 6.07) is 8.30. The molecule has 0 bridgehead atoms. The lowest BCUT2D eigenvalue weighted by Crippen LogP contribution is -2.37. The first kappa shape index (κ1) is 15.3. The molecule has 1 saturated heterocycles. The molecule has 3 aromatic heterocycles. The van der Waals surface area contributed by atoms with Crippen LogP contribution in [0.3, 0.4) is 0 Å². The molecule has 4 heterocycles. The maximum absolute atomic E-state index is 9.55. The van der Waals surface area contributed by atoms with E-state index in [0.717, 1.165) is 47.0 Å². The molecule has 0 N–H and O–H groups in total. The summed E-state index contributed by atoms with van der Waals surface area (Å²) in [4.78, 5) is 6.90. The number of rotatable bonds is 3. The van der Waals surface area contributed by atoms with Gasteiger partial charge in [-0.3, -0.25) is 4.90 Å². The number of aromatic nitrogens is 2. The fourth-order valence-corrected chi connectivity index (χ4v) is 4.02. The predicted molar refractivity (Wildman–Crippen MR) is 92.9 cm³/mol. The van der Waals surface area contributed by atoms with Gasteiger partial charge in [0.25, 0.3) is 0 Å². The molecule has 0 saturated carbocycles. The van der Waals surface area contributed by atoms with Gasteiger partial charge < -0.3 is 9.14 Å². The van der Waals surface area contributed by atoms with Crippen LogP contribution in [0.5, 0.6) is 0 Å². The zero-order valence-electron chi connectivity index (χ0n) is 13.5. The summed E-state index contributed by atoms with van der Waals surface area (Å²) < 4.78 is 7.92. The molecule has 0 aromatic carbocycles. The second-order valence-electron chi connectivity index (χ2n) is 6.06. The Morgan fingerprint density at radius 3 is 3.17 bits per heavy atom. The summed E-state index contributed by atoms with van der Waals surface area (Å²) in [6.07, 6.45) is 4.08. The van der Waals surface area contributed by atoms with E-state index in [1.165, 1.54) is 0 Å². The molecule has 5 nitrogen and oxygen atoms in total. The lowest BCUT2D eigenvalue weighted by atomic mass is 10.1. The van der Waals surface area contributed by atoms with Gasteiger partial charge in [0, 0.05) is 48.7 Å². The average molecular weight is 338 g/mol. The Labute approximate surface area is 144 Å². The molecule has 0 spiro atoms. The van der Waals surface area contributed by atoms with Crippen LogP contribution in [0.25, 0.3) is 5.52 Å². The van der Waals surface area contributed by atoms with Crippen molar-refractivity contribution in [3.8, 4) is 6.07 Å². The summed E-state index contributed by atoms with van der Waals surface area (Å²) in [6.45, 7) is 5.14. The Morgan fingerprint density at radius 1 is 1.46 bits per heavy atom. The van der Waals surface area contributed by atoms with E-state index in [4.69, 9.17) is 4.74 Å². The van der Waals surface area contributed by atoms with E-state index in [1.54, 1.807) is 11.3 Å². The topological polar surface area (TPSA) is 53.6 Å². The molecule has 1 fully saturated rings. The number of thiazole rings is 1. The summed E-state index contributed by atoms with van der Waals surface area (Å²) in [5, 5.41) is 12.7. The lowest BCUT2D eigenvalue weighted by molar-refractivity contribution is -0.0330. The van der Waals surface area contributed by atoms with E-state index >= 15 is 0 Å². The molecule has 122 valence electrons. The fraction of sp³-hybridized carbons (Fsp3) is 0.333. The number of pyridine rings is 1. The molecule has 6 heteroatoms. The highest BCUT2D eigenvalue weighted by molar-refractivity contribution is 7.09. The van der Waals surface area contributed by atoms with Crippen molar-refractivity contribution in [2.45, 2.75) is 19.6 Å². The van der Waals surface area contributed by atoms with E-state index in [0.29, 0.717) is 6.61 Å². The minimum Gasteiger partial charge on any atom is -0.368 e. The number of nitrogens with zero attached hydrogens (tertiary/aromatic N) is 4. The third kappa shape index (κ3) is 2.82. The van der Waals surface area contributed by atoms with E-state index in [2.05, 4.69) is 27.5 Å². The van der Waals surface area contributed by atoms with Gasteiger partial charge in [-0.1, -0.05) is 6.07 Å². The van der Waals surface area contributed by atoms with E-state index in [-0.39, 0.29) is 6.10 Å². The van der Waals surface area contributed by atoms with Crippen LogP contribution in [0.2, 0.25) is 0 Å². The van der Waals surface area contributed by atoms with E-state index in [9.17, 15) is 5.26 Å². The second-order valence-corrected chi connectivity index (χ2v) is 6.95. The third-order valence-electron chi connectivity index (χ3n) is 4.33. The standard InChI is InChI=1S/C18H18N4OS/c1-13-12-24-18(20-13)17-11-21(6-7-23-17)9-14-10-22-5-3-2-4-16(22)15(14)8-19/h2-5,10,12,17H,6-7,9,11H2,1H3/t17-/m1/s1. The predicted octanol–water partition coefficient (Wildman–Crippen LogP) is 3.15. The van der Waals surface area contributed by atoms with Gasteiger partial charge in [0.2, 0.25) is 0 Å². The Morgan fingerprint density at radius 2 is 2.38 bits per heavy atom. The number of fused-ring (bicyclic) bond motifs is 1. The first-order valence-corrected chi connectivity index (χ1v) is 8.87. The zero-order chi connectivity index (χ0) is 16.5. The zero-order valence-corrected chi connectivity index (χ0v) is 14.3. The first-order chi connectivity index (χ1) is 11.7. The fourth-order valence-electron chi connectivity index (χ4n) is 3.18. The number of ether oxygens (including phenoxy) is 1. The average Bonchev–Trinajstić information content (AvgIpc) is 3.18. The van der Waals surface area contributed by atoms with Crippen molar-refractivity contribution in [3.05, 3.63) is 57.8 Å². The maximum Gasteiger partial charge on any atom is 0.123 e. The molecule has 1 aliphatic rings. The second kappa shape index (κ2) is 6.36. The smallest absolute Gasteiger partial charge is 0.123 e. The molecule has 4 rings (SSSR count). The molecule has 0 aliphatic carbocycles. The molecular weight excluding hydrogens is 320 g/mol. The van der Waals surface area contributed by atoms with Gasteiger partial charge in [0.05, 0.1) is 17.7 Å². The lowest BCUT2D eigenvalue weighted by Gasteiger charge is -2.31. The Kier molecular flexibility index (Phi) is 4.07. The normalized spacial score (nSPS) is 18.8. The molecule has 1 atom stereocenters. The summed E-state index contributed by atoms with van der Waals surface area (Å²) in [5.74, 6) is 0. The molecule has 0 radical (unpaired) electrons. The maximum atomic E-state index is 9.55. The van der Waals surface area contributed by atoms with Crippen LogP contribution in [0.1, 0.15) is 27.9 Å². The van der Waals surface area contributed by atoms with Crippen LogP contribution >= 0.6 is 11.3 Å². The molecule has 24 heavy (non-hydrogen) atoms. The van der Waals surface area contributed by atoms with Crippen LogP contribution < -0.4 is 0 Å². The Balaban J connectivity index is 1.56.